The van der Waals surface area contributed by atoms with Crippen molar-refractivity contribution in [2.24, 2.45) is 0 Å². The van der Waals surface area contributed by atoms with Crippen LogP contribution >= 0.6 is 11.6 Å². The highest BCUT2D eigenvalue weighted by Gasteiger charge is 2.30. The Morgan fingerprint density at radius 3 is 2.34 bits per heavy atom. The summed E-state index contributed by atoms with van der Waals surface area (Å²) in [7, 11) is 3.03. The summed E-state index contributed by atoms with van der Waals surface area (Å²) in [5.74, 6) is -0.667. The van der Waals surface area contributed by atoms with E-state index in [0.717, 1.165) is 12.1 Å². The number of rotatable bonds is 5. The van der Waals surface area contributed by atoms with Gasteiger partial charge in [-0.1, -0.05) is 23.7 Å². The molecule has 2 amide bonds. The molecule has 0 atom stereocenters. The Morgan fingerprint density at radius 1 is 1.03 bits per heavy atom. The van der Waals surface area contributed by atoms with Crippen molar-refractivity contribution >= 4 is 29.5 Å². The molecule has 0 spiro atoms. The fraction of sp³-hybridized carbons (Fsp3) is 0.130. The molecule has 0 bridgehead atoms. The van der Waals surface area contributed by atoms with Crippen LogP contribution in [0.25, 0.3) is 17.4 Å². The minimum atomic E-state index is -4.48. The Balaban J connectivity index is 1.90. The van der Waals surface area contributed by atoms with Crippen molar-refractivity contribution in [2.45, 2.75) is 6.18 Å². The van der Waals surface area contributed by atoms with Gasteiger partial charge in [0, 0.05) is 36.3 Å². The molecular weight excluding hydrogens is 445 g/mol. The number of amides is 2. The second-order valence-electron chi connectivity index (χ2n) is 7.00. The predicted molar refractivity (Wildman–Crippen MR) is 115 cm³/mol. The number of carbonyl (C=O) groups excluding carboxylic acids is 2. The third-order valence-electron chi connectivity index (χ3n) is 4.38. The number of benzene rings is 2. The first kappa shape index (κ1) is 23.1. The number of hydrogen-bond donors (Lipinski definition) is 1. The predicted octanol–water partition coefficient (Wildman–Crippen LogP) is 5.48. The van der Waals surface area contributed by atoms with Crippen LogP contribution in [0.2, 0.25) is 5.02 Å². The molecule has 0 aliphatic rings. The molecule has 0 aliphatic heterocycles. The van der Waals surface area contributed by atoms with Crippen LogP contribution in [0.1, 0.15) is 21.7 Å². The summed E-state index contributed by atoms with van der Waals surface area (Å²) in [4.78, 5) is 26.4. The number of halogens is 4. The van der Waals surface area contributed by atoms with Crippen LogP contribution in [0.15, 0.2) is 70.8 Å². The molecule has 5 nitrogen and oxygen atoms in total. The molecule has 0 saturated heterocycles. The zero-order chi connectivity index (χ0) is 23.5. The minimum Gasteiger partial charge on any atom is -0.457 e. The first-order valence-corrected chi connectivity index (χ1v) is 9.70. The molecule has 0 aliphatic carbocycles. The minimum absolute atomic E-state index is 0.0695. The average molecular weight is 463 g/mol. The number of furan rings is 1. The Morgan fingerprint density at radius 2 is 1.72 bits per heavy atom. The standard InChI is InChI=1S/C23H18ClF3N2O3/c1-29(2)22(31)19(28-21(30)14-6-8-17(24)9-7-14)13-18-10-11-20(32-18)15-4-3-5-16(12-15)23(25,26)27/h3-13H,1-2H3,(H,28,30)/b19-13+. The van der Waals surface area contributed by atoms with Gasteiger partial charge in [-0.2, -0.15) is 13.2 Å². The van der Waals surface area contributed by atoms with Crippen LogP contribution < -0.4 is 5.32 Å². The number of likely N-dealkylation sites (N-methyl/N-ethyl adjacent to an activating group) is 1. The maximum atomic E-state index is 13.0. The Hall–Kier alpha value is -3.52. The monoisotopic (exact) mass is 462 g/mol. The summed E-state index contributed by atoms with van der Waals surface area (Å²) in [6.45, 7) is 0. The van der Waals surface area contributed by atoms with Gasteiger partial charge in [-0.15, -0.1) is 0 Å². The number of hydrogen-bond acceptors (Lipinski definition) is 3. The van der Waals surface area contributed by atoms with Gasteiger partial charge in [-0.25, -0.2) is 0 Å². The zero-order valence-corrected chi connectivity index (χ0v) is 17.8. The van der Waals surface area contributed by atoms with Crippen LogP contribution in [0, 0.1) is 0 Å². The Bertz CT molecular complexity index is 1170. The Kier molecular flexibility index (Phi) is 6.74. The number of carbonyl (C=O) groups is 2. The zero-order valence-electron chi connectivity index (χ0n) is 17.0. The highest BCUT2D eigenvalue weighted by atomic mass is 35.5. The first-order chi connectivity index (χ1) is 15.0. The van der Waals surface area contributed by atoms with E-state index in [1.54, 1.807) is 12.1 Å². The average Bonchev–Trinajstić information content (AvgIpc) is 3.21. The van der Waals surface area contributed by atoms with Crippen molar-refractivity contribution in [3.63, 3.8) is 0 Å². The molecule has 0 fully saturated rings. The van der Waals surface area contributed by atoms with E-state index < -0.39 is 23.6 Å². The summed E-state index contributed by atoms with van der Waals surface area (Å²) in [6.07, 6.45) is -3.17. The summed E-state index contributed by atoms with van der Waals surface area (Å²) >= 11 is 5.83. The maximum absolute atomic E-state index is 13.0. The van der Waals surface area contributed by atoms with Gasteiger partial charge in [0.2, 0.25) is 0 Å². The smallest absolute Gasteiger partial charge is 0.416 e. The van der Waals surface area contributed by atoms with Gasteiger partial charge in [0.15, 0.2) is 0 Å². The molecule has 9 heteroatoms. The van der Waals surface area contributed by atoms with E-state index in [4.69, 9.17) is 16.0 Å². The molecule has 32 heavy (non-hydrogen) atoms. The van der Waals surface area contributed by atoms with Crippen LogP contribution in [-0.4, -0.2) is 30.8 Å². The lowest BCUT2D eigenvalue weighted by molar-refractivity contribution is -0.137. The Labute approximate surface area is 187 Å². The van der Waals surface area contributed by atoms with Crippen molar-refractivity contribution in [3.05, 3.63) is 88.3 Å². The topological polar surface area (TPSA) is 62.6 Å². The highest BCUT2D eigenvalue weighted by molar-refractivity contribution is 6.30. The van der Waals surface area contributed by atoms with E-state index in [9.17, 15) is 22.8 Å². The molecule has 0 saturated carbocycles. The number of nitrogens with one attached hydrogen (secondary N) is 1. The quantitative estimate of drug-likeness (QED) is 0.511. The lowest BCUT2D eigenvalue weighted by Gasteiger charge is -2.14. The van der Waals surface area contributed by atoms with Gasteiger partial charge < -0.3 is 14.6 Å². The molecule has 3 aromatic rings. The van der Waals surface area contributed by atoms with E-state index in [0.29, 0.717) is 5.02 Å². The van der Waals surface area contributed by atoms with Gasteiger partial charge in [0.25, 0.3) is 11.8 Å². The molecule has 2 aromatic carbocycles. The van der Waals surface area contributed by atoms with E-state index in [2.05, 4.69) is 5.32 Å². The molecular formula is C23H18ClF3N2O3. The van der Waals surface area contributed by atoms with Gasteiger partial charge in [0.05, 0.1) is 5.56 Å². The van der Waals surface area contributed by atoms with E-state index in [1.807, 2.05) is 0 Å². The second-order valence-corrected chi connectivity index (χ2v) is 7.44. The van der Waals surface area contributed by atoms with Crippen molar-refractivity contribution in [3.8, 4) is 11.3 Å². The lowest BCUT2D eigenvalue weighted by Crippen LogP contribution is -2.34. The molecule has 3 rings (SSSR count). The fourth-order valence-electron chi connectivity index (χ4n) is 2.76. The van der Waals surface area contributed by atoms with Crippen molar-refractivity contribution in [2.75, 3.05) is 14.1 Å². The SMILES string of the molecule is CN(C)C(=O)/C(=C\c1ccc(-c2cccc(C(F)(F)F)c2)o1)NC(=O)c1ccc(Cl)cc1. The van der Waals surface area contributed by atoms with Gasteiger partial charge >= 0.3 is 6.18 Å². The molecule has 1 heterocycles. The molecule has 0 unspecified atom stereocenters. The number of nitrogens with zero attached hydrogens (tertiary/aromatic N) is 1. The highest BCUT2D eigenvalue weighted by Crippen LogP contribution is 2.32. The van der Waals surface area contributed by atoms with Crippen molar-refractivity contribution < 1.29 is 27.2 Å². The van der Waals surface area contributed by atoms with Crippen molar-refractivity contribution in [1.82, 2.24) is 10.2 Å². The second kappa shape index (κ2) is 9.32. The molecule has 0 radical (unpaired) electrons. The van der Waals surface area contributed by atoms with Crippen LogP contribution in [0.4, 0.5) is 13.2 Å². The fourth-order valence-corrected chi connectivity index (χ4v) is 2.89. The third kappa shape index (κ3) is 5.59. The number of alkyl halides is 3. The van der Waals surface area contributed by atoms with E-state index in [-0.39, 0.29) is 28.3 Å². The molecule has 166 valence electrons. The molecule has 1 aromatic heterocycles. The van der Waals surface area contributed by atoms with Gasteiger partial charge in [0.1, 0.15) is 17.2 Å². The largest absolute Gasteiger partial charge is 0.457 e. The summed E-state index contributed by atoms with van der Waals surface area (Å²) < 4.78 is 44.6. The van der Waals surface area contributed by atoms with E-state index >= 15 is 0 Å². The first-order valence-electron chi connectivity index (χ1n) is 9.32. The summed E-state index contributed by atoms with van der Waals surface area (Å²) in [5.41, 5.74) is -0.358. The summed E-state index contributed by atoms with van der Waals surface area (Å²) in [6, 6.07) is 13.8. The van der Waals surface area contributed by atoms with Crippen LogP contribution in [0.3, 0.4) is 0 Å². The van der Waals surface area contributed by atoms with Gasteiger partial charge in [-0.3, -0.25) is 9.59 Å². The normalized spacial score (nSPS) is 11.9. The summed E-state index contributed by atoms with van der Waals surface area (Å²) in [5, 5.41) is 3.00. The third-order valence-corrected chi connectivity index (χ3v) is 4.63. The van der Waals surface area contributed by atoms with Crippen LogP contribution in [0.5, 0.6) is 0 Å². The van der Waals surface area contributed by atoms with Gasteiger partial charge in [-0.05, 0) is 48.5 Å². The van der Waals surface area contributed by atoms with Crippen LogP contribution in [-0.2, 0) is 11.0 Å². The lowest BCUT2D eigenvalue weighted by atomic mass is 10.1. The molecule has 1 N–H and O–H groups in total. The maximum Gasteiger partial charge on any atom is 0.416 e. The van der Waals surface area contributed by atoms with E-state index in [1.165, 1.54) is 61.5 Å². The van der Waals surface area contributed by atoms with Crippen molar-refractivity contribution in [1.29, 1.82) is 0 Å².